The van der Waals surface area contributed by atoms with Crippen molar-refractivity contribution >= 4 is 33.9 Å². The fourth-order valence-electron chi connectivity index (χ4n) is 6.71. The van der Waals surface area contributed by atoms with E-state index in [1.165, 1.54) is 12.1 Å². The van der Waals surface area contributed by atoms with Crippen LogP contribution in [0.3, 0.4) is 0 Å². The maximum atomic E-state index is 12.8. The van der Waals surface area contributed by atoms with Crippen molar-refractivity contribution in [2.45, 2.75) is 32.3 Å². The minimum absolute atomic E-state index is 0.0273. The smallest absolute Gasteiger partial charge is 0.343 e. The topological polar surface area (TPSA) is 131 Å². The van der Waals surface area contributed by atoms with Crippen LogP contribution < -0.4 is 30.2 Å². The maximum Gasteiger partial charge on any atom is 0.343 e. The van der Waals surface area contributed by atoms with E-state index in [-0.39, 0.29) is 6.10 Å². The molecule has 0 saturated heterocycles. The molecule has 0 saturated carbocycles. The van der Waals surface area contributed by atoms with E-state index in [1.54, 1.807) is 72.8 Å². The molecule has 298 valence electrons. The molecule has 0 aliphatic rings. The highest BCUT2D eigenvalue weighted by Gasteiger charge is 2.14. The lowest BCUT2D eigenvalue weighted by atomic mass is 10.0. The summed E-state index contributed by atoms with van der Waals surface area (Å²) in [5.41, 5.74) is 4.61. The number of ether oxygens (including phenoxy) is 4. The maximum absolute atomic E-state index is 12.8. The molecular weight excluding hydrogens is 761 g/mol. The zero-order valence-corrected chi connectivity index (χ0v) is 32.5. The first-order chi connectivity index (χ1) is 29.3. The van der Waals surface area contributed by atoms with E-state index in [1.807, 2.05) is 72.8 Å². The quantitative estimate of drug-likeness (QED) is 0.0595. The van der Waals surface area contributed by atoms with Gasteiger partial charge >= 0.3 is 23.2 Å². The van der Waals surface area contributed by atoms with Crippen LogP contribution >= 0.6 is 0 Å². The van der Waals surface area contributed by atoms with Crippen LogP contribution in [0.4, 0.5) is 0 Å². The first-order valence-corrected chi connectivity index (χ1v) is 19.5. The predicted molar refractivity (Wildman–Crippen MR) is 228 cm³/mol. The number of benzene rings is 6. The summed E-state index contributed by atoms with van der Waals surface area (Å²) in [6.07, 6.45) is 2.52. The summed E-state index contributed by atoms with van der Waals surface area (Å²) in [6.45, 7) is 2.61. The monoisotopic (exact) mass is 798 g/mol. The van der Waals surface area contributed by atoms with Crippen molar-refractivity contribution in [2.24, 2.45) is 0 Å². The molecule has 10 heteroatoms. The molecule has 0 spiro atoms. The summed E-state index contributed by atoms with van der Waals surface area (Å²) in [7, 11) is 0. The molecule has 10 nitrogen and oxygen atoms in total. The van der Waals surface area contributed by atoms with Gasteiger partial charge in [0.05, 0.1) is 17.7 Å². The minimum Gasteiger partial charge on any atom is -0.493 e. The van der Waals surface area contributed by atoms with Gasteiger partial charge in [0.25, 0.3) is 0 Å². The predicted octanol–water partition coefficient (Wildman–Crippen LogP) is 10.7. The molecule has 0 radical (unpaired) electrons. The third-order valence-electron chi connectivity index (χ3n) is 9.84. The molecule has 0 fully saturated rings. The van der Waals surface area contributed by atoms with Crippen LogP contribution in [0.2, 0.25) is 0 Å². The Morgan fingerprint density at radius 1 is 0.483 bits per heavy atom. The first-order valence-electron chi connectivity index (χ1n) is 19.5. The van der Waals surface area contributed by atoms with Gasteiger partial charge in [-0.2, -0.15) is 0 Å². The van der Waals surface area contributed by atoms with E-state index in [9.17, 15) is 19.2 Å². The third-order valence-corrected chi connectivity index (χ3v) is 9.84. The van der Waals surface area contributed by atoms with Gasteiger partial charge in [-0.15, -0.1) is 0 Å². The van der Waals surface area contributed by atoms with Crippen LogP contribution in [-0.2, 0) is 0 Å². The average molecular weight is 799 g/mol. The van der Waals surface area contributed by atoms with Crippen molar-refractivity contribution in [1.29, 1.82) is 0 Å². The molecular formula is C50H38O10. The van der Waals surface area contributed by atoms with Gasteiger partial charge < -0.3 is 27.8 Å². The van der Waals surface area contributed by atoms with Crippen LogP contribution in [0.5, 0.6) is 23.0 Å². The summed E-state index contributed by atoms with van der Waals surface area (Å²) in [5.74, 6) is 1.23. The van der Waals surface area contributed by atoms with E-state index in [0.717, 1.165) is 46.6 Å². The number of hydrogen-bond acceptors (Lipinski definition) is 10. The summed E-state index contributed by atoms with van der Waals surface area (Å²) in [5, 5.41) is 1.31. The van der Waals surface area contributed by atoms with Gasteiger partial charge in [-0.05, 0) is 126 Å². The van der Waals surface area contributed by atoms with Gasteiger partial charge in [0, 0.05) is 29.3 Å². The molecule has 2 aromatic heterocycles. The van der Waals surface area contributed by atoms with E-state index >= 15 is 0 Å². The summed E-state index contributed by atoms with van der Waals surface area (Å²) >= 11 is 0. The normalized spacial score (nSPS) is 11.6. The van der Waals surface area contributed by atoms with Crippen LogP contribution in [0.15, 0.2) is 176 Å². The zero-order chi connectivity index (χ0) is 41.4. The summed E-state index contributed by atoms with van der Waals surface area (Å²) in [6, 6.07) is 45.7. The second-order valence-corrected chi connectivity index (χ2v) is 14.1. The van der Waals surface area contributed by atoms with Crippen LogP contribution in [0.25, 0.3) is 44.2 Å². The number of carbonyl (C=O) groups excluding carboxylic acids is 2. The van der Waals surface area contributed by atoms with Crippen molar-refractivity contribution < 1.29 is 37.4 Å². The van der Waals surface area contributed by atoms with Crippen molar-refractivity contribution in [3.63, 3.8) is 0 Å². The molecule has 2 heterocycles. The van der Waals surface area contributed by atoms with Crippen molar-refractivity contribution in [3.8, 4) is 45.3 Å². The van der Waals surface area contributed by atoms with Gasteiger partial charge in [0.15, 0.2) is 0 Å². The Morgan fingerprint density at radius 3 is 1.35 bits per heavy atom. The van der Waals surface area contributed by atoms with Crippen molar-refractivity contribution in [3.05, 3.63) is 190 Å². The number of rotatable bonds is 14. The molecule has 0 aliphatic heterocycles. The van der Waals surface area contributed by atoms with Gasteiger partial charge in [0.1, 0.15) is 40.3 Å². The summed E-state index contributed by atoms with van der Waals surface area (Å²) in [4.78, 5) is 48.5. The molecule has 0 aliphatic carbocycles. The standard InChI is InChI=1S/C50H38O10/c1-2-3-41(56-42-20-14-35(15-21-42)33-6-10-37(11-7-33)50(54)58-44-23-25-46-39(31-44)17-27-48(52)60-46)28-29-55-40-18-12-34(13-19-40)32-4-8-36(9-5-32)49(53)57-43-22-24-45-38(30-43)16-26-47(51)59-45/h4-27,30-31,41H,2-3,28-29H2,1H3. The summed E-state index contributed by atoms with van der Waals surface area (Å²) < 4.78 is 33.9. The minimum atomic E-state index is -0.493. The second kappa shape index (κ2) is 17.8. The lowest BCUT2D eigenvalue weighted by molar-refractivity contribution is 0.0725. The highest BCUT2D eigenvalue weighted by atomic mass is 16.5. The number of fused-ring (bicyclic) bond motifs is 2. The van der Waals surface area contributed by atoms with E-state index in [0.29, 0.717) is 57.6 Å². The highest BCUT2D eigenvalue weighted by Crippen LogP contribution is 2.28. The average Bonchev–Trinajstić information content (AvgIpc) is 3.27. The van der Waals surface area contributed by atoms with Gasteiger partial charge in [-0.25, -0.2) is 19.2 Å². The van der Waals surface area contributed by atoms with Crippen LogP contribution in [0, 0.1) is 0 Å². The van der Waals surface area contributed by atoms with Crippen molar-refractivity contribution in [2.75, 3.05) is 6.61 Å². The van der Waals surface area contributed by atoms with Crippen molar-refractivity contribution in [1.82, 2.24) is 0 Å². The van der Waals surface area contributed by atoms with Gasteiger partial charge in [-0.1, -0.05) is 61.9 Å². The Bertz CT molecular complexity index is 2890. The van der Waals surface area contributed by atoms with E-state index < -0.39 is 23.2 Å². The van der Waals surface area contributed by atoms with E-state index in [2.05, 4.69) is 6.92 Å². The SMILES string of the molecule is CCCC(CCOc1ccc(-c2ccc(C(=O)Oc3ccc4oc(=O)ccc4c3)cc2)cc1)Oc1ccc(-c2ccc(C(=O)Oc3ccc4oc(=O)ccc4c3)cc2)cc1. The molecule has 0 bridgehead atoms. The first kappa shape index (κ1) is 39.1. The fraction of sp³-hybridized carbons (Fsp3) is 0.120. The lowest BCUT2D eigenvalue weighted by Crippen LogP contribution is -2.19. The van der Waals surface area contributed by atoms with Gasteiger partial charge in [0.2, 0.25) is 0 Å². The van der Waals surface area contributed by atoms with Crippen LogP contribution in [-0.4, -0.2) is 24.6 Å². The Balaban J connectivity index is 0.804. The molecule has 0 amide bonds. The zero-order valence-electron chi connectivity index (χ0n) is 32.5. The largest absolute Gasteiger partial charge is 0.493 e. The number of carbonyl (C=O) groups is 2. The number of esters is 2. The molecule has 8 rings (SSSR count). The van der Waals surface area contributed by atoms with E-state index in [4.69, 9.17) is 27.8 Å². The molecule has 60 heavy (non-hydrogen) atoms. The lowest BCUT2D eigenvalue weighted by Gasteiger charge is -2.19. The molecule has 6 aromatic carbocycles. The molecule has 8 aromatic rings. The Morgan fingerprint density at radius 2 is 0.900 bits per heavy atom. The Kier molecular flexibility index (Phi) is 11.6. The molecule has 1 atom stereocenters. The second-order valence-electron chi connectivity index (χ2n) is 14.1. The van der Waals surface area contributed by atoms with Crippen LogP contribution in [0.1, 0.15) is 46.9 Å². The van der Waals surface area contributed by atoms with Gasteiger partial charge in [-0.3, -0.25) is 0 Å². The fourth-order valence-corrected chi connectivity index (χ4v) is 6.71. The highest BCUT2D eigenvalue weighted by molar-refractivity contribution is 5.93. The Labute approximate surface area is 344 Å². The molecule has 1 unspecified atom stereocenters. The molecule has 0 N–H and O–H groups in total. The Hall–Kier alpha value is -7.72. The number of hydrogen-bond donors (Lipinski definition) is 0. The third kappa shape index (κ3) is 9.52.